The standard InChI is InChI=1S/C7H17NO.C5H13N.C4H11NS.CH4/c1-4-5-8(2)6-7-9-3;1-4-5-6(2)3;1-5(2)3-4-6;/h4-7H2,1-3H3;4-5H2,1-3H3;6H,3-4H2,1-2H3;1H4. The normalized spacial score (nSPS) is 9.82. The first-order chi connectivity index (χ1) is 9.85. The van der Waals surface area contributed by atoms with Gasteiger partial charge in [-0.3, -0.25) is 0 Å². The van der Waals surface area contributed by atoms with Crippen molar-refractivity contribution in [2.24, 2.45) is 0 Å². The molecular formula is C17H45N3OS. The summed E-state index contributed by atoms with van der Waals surface area (Å²) in [6.07, 6.45) is 2.48. The highest BCUT2D eigenvalue weighted by Crippen LogP contribution is 1.84. The molecule has 0 aliphatic heterocycles. The first kappa shape index (κ1) is 30.1. The van der Waals surface area contributed by atoms with Crippen LogP contribution in [-0.4, -0.2) is 95.6 Å². The van der Waals surface area contributed by atoms with Crippen molar-refractivity contribution >= 4 is 12.6 Å². The van der Waals surface area contributed by atoms with Gasteiger partial charge in [-0.25, -0.2) is 0 Å². The van der Waals surface area contributed by atoms with Crippen molar-refractivity contribution in [2.45, 2.75) is 34.1 Å². The molecule has 0 aromatic carbocycles. The third kappa shape index (κ3) is 42.7. The highest BCUT2D eigenvalue weighted by atomic mass is 32.1. The maximum atomic E-state index is 4.92. The minimum Gasteiger partial charge on any atom is -0.383 e. The van der Waals surface area contributed by atoms with E-state index in [0.717, 1.165) is 25.4 Å². The van der Waals surface area contributed by atoms with Crippen LogP contribution in [0.4, 0.5) is 0 Å². The van der Waals surface area contributed by atoms with Crippen LogP contribution in [-0.2, 0) is 4.74 Å². The predicted molar refractivity (Wildman–Crippen MR) is 108 cm³/mol. The van der Waals surface area contributed by atoms with Crippen molar-refractivity contribution in [3.63, 3.8) is 0 Å². The number of hydrogen-bond donors (Lipinski definition) is 1. The van der Waals surface area contributed by atoms with E-state index in [4.69, 9.17) is 4.74 Å². The Morgan fingerprint density at radius 2 is 1.23 bits per heavy atom. The number of rotatable bonds is 9. The van der Waals surface area contributed by atoms with Gasteiger partial charge >= 0.3 is 0 Å². The highest BCUT2D eigenvalue weighted by molar-refractivity contribution is 7.80. The smallest absolute Gasteiger partial charge is 0.0589 e. The van der Waals surface area contributed by atoms with Gasteiger partial charge in [0.15, 0.2) is 0 Å². The molecule has 0 saturated carbocycles. The molecular weight excluding hydrogens is 294 g/mol. The molecule has 0 fully saturated rings. The van der Waals surface area contributed by atoms with Crippen molar-refractivity contribution in [1.82, 2.24) is 14.7 Å². The third-order valence-corrected chi connectivity index (χ3v) is 2.70. The van der Waals surface area contributed by atoms with Gasteiger partial charge in [0.2, 0.25) is 0 Å². The lowest BCUT2D eigenvalue weighted by Gasteiger charge is -2.13. The molecule has 0 atom stereocenters. The fourth-order valence-electron chi connectivity index (χ4n) is 1.39. The van der Waals surface area contributed by atoms with Crippen molar-refractivity contribution in [3.8, 4) is 0 Å². The summed E-state index contributed by atoms with van der Waals surface area (Å²) in [5, 5.41) is 0. The lowest BCUT2D eigenvalue weighted by Crippen LogP contribution is -2.23. The Morgan fingerprint density at radius 1 is 0.773 bits per heavy atom. The van der Waals surface area contributed by atoms with Crippen molar-refractivity contribution in [1.29, 1.82) is 0 Å². The molecule has 0 rings (SSSR count). The summed E-state index contributed by atoms with van der Waals surface area (Å²) in [7, 11) is 12.1. The fourth-order valence-corrected chi connectivity index (χ4v) is 1.79. The summed E-state index contributed by atoms with van der Waals surface area (Å²) in [5.41, 5.74) is 0. The first-order valence-corrected chi connectivity index (χ1v) is 8.56. The maximum Gasteiger partial charge on any atom is 0.0589 e. The zero-order valence-electron chi connectivity index (χ0n) is 15.9. The first-order valence-electron chi connectivity index (χ1n) is 7.93. The van der Waals surface area contributed by atoms with E-state index in [2.05, 4.69) is 62.3 Å². The third-order valence-electron chi connectivity index (χ3n) is 2.50. The van der Waals surface area contributed by atoms with Gasteiger partial charge in [0.05, 0.1) is 6.61 Å². The molecule has 140 valence electrons. The number of methoxy groups -OCH3 is 1. The van der Waals surface area contributed by atoms with Crippen LogP contribution in [0.25, 0.3) is 0 Å². The zero-order chi connectivity index (χ0) is 17.1. The number of hydrogen-bond acceptors (Lipinski definition) is 5. The summed E-state index contributed by atoms with van der Waals surface area (Å²) in [6, 6.07) is 0. The van der Waals surface area contributed by atoms with E-state index >= 15 is 0 Å². The van der Waals surface area contributed by atoms with E-state index in [0.29, 0.717) is 0 Å². The molecule has 0 heterocycles. The molecule has 4 nitrogen and oxygen atoms in total. The molecule has 0 amide bonds. The molecule has 0 N–H and O–H groups in total. The second-order valence-corrected chi connectivity index (χ2v) is 6.07. The SMILES string of the molecule is C.CCCN(C)C.CCCN(C)CCOC.CN(C)CCS. The Labute approximate surface area is 147 Å². The Morgan fingerprint density at radius 3 is 1.41 bits per heavy atom. The van der Waals surface area contributed by atoms with E-state index < -0.39 is 0 Å². The topological polar surface area (TPSA) is 19.0 Å². The summed E-state index contributed by atoms with van der Waals surface area (Å²) >= 11 is 4.02. The van der Waals surface area contributed by atoms with Crippen LogP contribution in [0, 0.1) is 0 Å². The number of likely N-dealkylation sites (N-methyl/N-ethyl adjacent to an activating group) is 1. The Hall–Kier alpha value is 0.190. The summed E-state index contributed by atoms with van der Waals surface area (Å²) < 4.78 is 4.92. The summed E-state index contributed by atoms with van der Waals surface area (Å²) in [5.74, 6) is 0.951. The van der Waals surface area contributed by atoms with E-state index in [1.807, 2.05) is 14.1 Å². The van der Waals surface area contributed by atoms with Gasteiger partial charge in [-0.2, -0.15) is 12.6 Å². The number of thiol groups is 1. The van der Waals surface area contributed by atoms with Gasteiger partial charge in [0, 0.05) is 26.0 Å². The molecule has 22 heavy (non-hydrogen) atoms. The summed E-state index contributed by atoms with van der Waals surface area (Å²) in [6.45, 7) is 9.70. The largest absolute Gasteiger partial charge is 0.383 e. The second kappa shape index (κ2) is 26.1. The summed E-state index contributed by atoms with van der Waals surface area (Å²) in [4.78, 5) is 6.55. The van der Waals surface area contributed by atoms with Gasteiger partial charge < -0.3 is 19.4 Å². The van der Waals surface area contributed by atoms with Crippen LogP contribution in [0.1, 0.15) is 34.1 Å². The average Bonchev–Trinajstić information content (AvgIpc) is 2.38. The Balaban J connectivity index is -0.000000112. The van der Waals surface area contributed by atoms with Gasteiger partial charge in [0.1, 0.15) is 0 Å². The predicted octanol–water partition coefficient (Wildman–Crippen LogP) is 3.05. The lowest BCUT2D eigenvalue weighted by atomic mass is 10.4. The molecule has 0 unspecified atom stereocenters. The molecule has 0 saturated heterocycles. The highest BCUT2D eigenvalue weighted by Gasteiger charge is 1.92. The van der Waals surface area contributed by atoms with E-state index in [1.54, 1.807) is 7.11 Å². The maximum absolute atomic E-state index is 4.92. The number of nitrogens with zero attached hydrogens (tertiary/aromatic N) is 3. The van der Waals surface area contributed by atoms with Gasteiger partial charge in [-0.15, -0.1) is 0 Å². The average molecular weight is 340 g/mol. The van der Waals surface area contributed by atoms with Gasteiger partial charge in [-0.05, 0) is 61.2 Å². The molecule has 0 bridgehead atoms. The van der Waals surface area contributed by atoms with Gasteiger partial charge in [-0.1, -0.05) is 21.3 Å². The molecule has 0 aliphatic rings. The van der Waals surface area contributed by atoms with Crippen molar-refractivity contribution in [3.05, 3.63) is 0 Å². The molecule has 5 heteroatoms. The lowest BCUT2D eigenvalue weighted by molar-refractivity contribution is 0.161. The Kier molecular flexibility index (Phi) is 35.7. The molecule has 0 radical (unpaired) electrons. The quantitative estimate of drug-likeness (QED) is 0.651. The van der Waals surface area contributed by atoms with Crippen LogP contribution in [0.2, 0.25) is 0 Å². The van der Waals surface area contributed by atoms with Crippen molar-refractivity contribution in [2.75, 3.05) is 80.9 Å². The van der Waals surface area contributed by atoms with E-state index in [9.17, 15) is 0 Å². The van der Waals surface area contributed by atoms with Gasteiger partial charge in [0.25, 0.3) is 0 Å². The molecule has 0 spiro atoms. The molecule has 0 aromatic rings. The minimum absolute atomic E-state index is 0. The fraction of sp³-hybridized carbons (Fsp3) is 1.00. The monoisotopic (exact) mass is 339 g/mol. The molecule has 0 aromatic heterocycles. The Bertz CT molecular complexity index is 160. The minimum atomic E-state index is 0. The van der Waals surface area contributed by atoms with E-state index in [-0.39, 0.29) is 7.43 Å². The van der Waals surface area contributed by atoms with Crippen LogP contribution in [0.5, 0.6) is 0 Å². The van der Waals surface area contributed by atoms with Crippen LogP contribution in [0.3, 0.4) is 0 Å². The van der Waals surface area contributed by atoms with Crippen LogP contribution >= 0.6 is 12.6 Å². The van der Waals surface area contributed by atoms with Crippen LogP contribution in [0.15, 0.2) is 0 Å². The second-order valence-electron chi connectivity index (χ2n) is 5.63. The number of ether oxygens (including phenoxy) is 1. The van der Waals surface area contributed by atoms with Crippen molar-refractivity contribution < 1.29 is 4.74 Å². The molecule has 0 aliphatic carbocycles. The zero-order valence-corrected chi connectivity index (χ0v) is 16.7. The van der Waals surface area contributed by atoms with E-state index in [1.165, 1.54) is 25.9 Å². The van der Waals surface area contributed by atoms with Crippen LogP contribution < -0.4 is 0 Å².